The topological polar surface area (TPSA) is 113 Å². The number of aromatic nitrogens is 4. The molecule has 3 N–H and O–H groups in total. The molecule has 0 fully saturated rings. The number of rotatable bonds is 4. The minimum atomic E-state index is -3.69. The molecule has 0 atom stereocenters. The Balaban J connectivity index is 2.09. The number of halogens is 2. The molecule has 0 radical (unpaired) electrons. The van der Waals surface area contributed by atoms with Crippen molar-refractivity contribution in [1.82, 2.24) is 24.9 Å². The predicted molar refractivity (Wildman–Crippen MR) is 85.3 cm³/mol. The Labute approximate surface area is 138 Å². The Kier molecular flexibility index (Phi) is 4.00. The number of hydrogen-bond acceptors (Lipinski definition) is 6. The summed E-state index contributed by atoms with van der Waals surface area (Å²) >= 11 is 3.27. The van der Waals surface area contributed by atoms with Gasteiger partial charge in [0.2, 0.25) is 10.0 Å². The van der Waals surface area contributed by atoms with Gasteiger partial charge >= 0.3 is 0 Å². The van der Waals surface area contributed by atoms with Crippen LogP contribution < -0.4 is 10.0 Å². The normalized spacial score (nSPS) is 11.8. The third kappa shape index (κ3) is 2.90. The molecule has 0 aliphatic carbocycles. The second-order valence-corrected chi connectivity index (χ2v) is 7.11. The fourth-order valence-electron chi connectivity index (χ4n) is 1.93. The first kappa shape index (κ1) is 15.8. The van der Waals surface area contributed by atoms with Gasteiger partial charge in [0.15, 0.2) is 5.65 Å². The van der Waals surface area contributed by atoms with Crippen molar-refractivity contribution in [3.8, 4) is 0 Å². The zero-order valence-corrected chi connectivity index (χ0v) is 14.0. The van der Waals surface area contributed by atoms with Gasteiger partial charge in [-0.1, -0.05) is 0 Å². The molecule has 0 aliphatic heterocycles. The molecule has 3 rings (SSSR count). The van der Waals surface area contributed by atoms with Crippen molar-refractivity contribution in [1.29, 1.82) is 0 Å². The molecule has 23 heavy (non-hydrogen) atoms. The van der Waals surface area contributed by atoms with E-state index in [1.54, 1.807) is 0 Å². The summed E-state index contributed by atoms with van der Waals surface area (Å²) in [4.78, 5) is 7.95. The summed E-state index contributed by atoms with van der Waals surface area (Å²) in [5.41, 5.74) is 0.350. The largest absolute Gasteiger partial charge is 0.337 e. The molecule has 2 heterocycles. The van der Waals surface area contributed by atoms with Gasteiger partial charge < -0.3 is 5.32 Å². The van der Waals surface area contributed by atoms with Crippen LogP contribution in [0.15, 0.2) is 34.0 Å². The zero-order chi connectivity index (χ0) is 16.6. The standard InChI is InChI=1S/C12H10BrFN6O2S/c1-15-23(21,22)6-2-3-7(14)8(4-6)18-11-9-10(13)19-20-12(9)17-5-16-11/h2-5,15H,1H3,(H2,16,17,18,19,20). The third-order valence-electron chi connectivity index (χ3n) is 3.08. The lowest BCUT2D eigenvalue weighted by molar-refractivity contribution is 0.587. The van der Waals surface area contributed by atoms with Gasteiger partial charge in [-0.3, -0.25) is 5.10 Å². The molecule has 0 saturated carbocycles. The molecular formula is C12H10BrFN6O2S. The maximum absolute atomic E-state index is 14.0. The number of fused-ring (bicyclic) bond motifs is 1. The fourth-order valence-corrected chi connectivity index (χ4v) is 3.14. The first-order valence-corrected chi connectivity index (χ1v) is 8.54. The average molecular weight is 401 g/mol. The van der Waals surface area contributed by atoms with Crippen LogP contribution in [0.3, 0.4) is 0 Å². The quantitative estimate of drug-likeness (QED) is 0.616. The number of anilines is 2. The van der Waals surface area contributed by atoms with Crippen LogP contribution in [-0.2, 0) is 10.0 Å². The molecule has 0 amide bonds. The lowest BCUT2D eigenvalue weighted by Gasteiger charge is -2.10. The van der Waals surface area contributed by atoms with Crippen LogP contribution in [-0.4, -0.2) is 35.6 Å². The second-order valence-electron chi connectivity index (χ2n) is 4.43. The summed E-state index contributed by atoms with van der Waals surface area (Å²) < 4.78 is 40.4. The van der Waals surface area contributed by atoms with E-state index in [1.807, 2.05) is 0 Å². The van der Waals surface area contributed by atoms with E-state index in [2.05, 4.69) is 46.1 Å². The molecule has 0 unspecified atom stereocenters. The third-order valence-corrected chi connectivity index (χ3v) is 5.06. The molecule has 120 valence electrons. The highest BCUT2D eigenvalue weighted by Crippen LogP contribution is 2.29. The number of aromatic amines is 1. The highest BCUT2D eigenvalue weighted by molar-refractivity contribution is 9.10. The molecule has 2 aromatic heterocycles. The van der Waals surface area contributed by atoms with Gasteiger partial charge in [0.1, 0.15) is 22.6 Å². The van der Waals surface area contributed by atoms with Crippen LogP contribution in [0.2, 0.25) is 0 Å². The zero-order valence-electron chi connectivity index (χ0n) is 11.6. The van der Waals surface area contributed by atoms with E-state index in [4.69, 9.17) is 0 Å². The predicted octanol–water partition coefficient (Wildman–Crippen LogP) is 1.91. The molecule has 8 nitrogen and oxygen atoms in total. The number of benzene rings is 1. The highest BCUT2D eigenvalue weighted by Gasteiger charge is 2.16. The monoisotopic (exact) mass is 400 g/mol. The van der Waals surface area contributed by atoms with Gasteiger partial charge in [-0.2, -0.15) is 5.10 Å². The van der Waals surface area contributed by atoms with E-state index >= 15 is 0 Å². The van der Waals surface area contributed by atoms with E-state index < -0.39 is 15.8 Å². The summed E-state index contributed by atoms with van der Waals surface area (Å²) in [5.74, 6) is -0.333. The Morgan fingerprint density at radius 2 is 2.09 bits per heavy atom. The minimum Gasteiger partial charge on any atom is -0.337 e. The Morgan fingerprint density at radius 3 is 2.83 bits per heavy atom. The highest BCUT2D eigenvalue weighted by atomic mass is 79.9. The van der Waals surface area contributed by atoms with Gasteiger partial charge in [-0.25, -0.2) is 27.5 Å². The van der Waals surface area contributed by atoms with Crippen molar-refractivity contribution >= 4 is 48.5 Å². The molecule has 0 spiro atoms. The summed E-state index contributed by atoms with van der Waals surface area (Å²) in [6.45, 7) is 0. The summed E-state index contributed by atoms with van der Waals surface area (Å²) in [6.07, 6.45) is 1.27. The number of H-pyrrole nitrogens is 1. The summed E-state index contributed by atoms with van der Waals surface area (Å²) in [5, 5.41) is 9.93. The maximum Gasteiger partial charge on any atom is 0.240 e. The van der Waals surface area contributed by atoms with Gasteiger partial charge in [-0.15, -0.1) is 0 Å². The van der Waals surface area contributed by atoms with E-state index in [0.717, 1.165) is 6.07 Å². The lowest BCUT2D eigenvalue weighted by Crippen LogP contribution is -2.18. The van der Waals surface area contributed by atoms with Crippen LogP contribution in [0.25, 0.3) is 11.0 Å². The SMILES string of the molecule is CNS(=O)(=O)c1ccc(F)c(Nc2ncnc3n[nH]c(Br)c23)c1. The number of hydrogen-bond donors (Lipinski definition) is 3. The first-order chi connectivity index (χ1) is 10.9. The van der Waals surface area contributed by atoms with Gasteiger partial charge in [0, 0.05) is 0 Å². The summed E-state index contributed by atoms with van der Waals surface area (Å²) in [7, 11) is -2.41. The van der Waals surface area contributed by atoms with Crippen LogP contribution >= 0.6 is 15.9 Å². The van der Waals surface area contributed by atoms with Crippen LogP contribution in [0, 0.1) is 5.82 Å². The molecule has 0 saturated heterocycles. The summed E-state index contributed by atoms with van der Waals surface area (Å²) in [6, 6.07) is 3.42. The average Bonchev–Trinajstić information content (AvgIpc) is 2.92. The van der Waals surface area contributed by atoms with E-state index in [0.29, 0.717) is 15.6 Å². The van der Waals surface area contributed by atoms with Crippen LogP contribution in [0.5, 0.6) is 0 Å². The van der Waals surface area contributed by atoms with Gasteiger partial charge in [-0.05, 0) is 41.2 Å². The molecule has 11 heteroatoms. The molecule has 3 aromatic rings. The van der Waals surface area contributed by atoms with Crippen molar-refractivity contribution in [3.05, 3.63) is 34.9 Å². The van der Waals surface area contributed by atoms with Gasteiger partial charge in [0.05, 0.1) is 16.0 Å². The van der Waals surface area contributed by atoms with Crippen LogP contribution in [0.4, 0.5) is 15.9 Å². The maximum atomic E-state index is 14.0. The molecule has 0 bridgehead atoms. The van der Waals surface area contributed by atoms with Crippen molar-refractivity contribution in [2.24, 2.45) is 0 Å². The molecule has 0 aliphatic rings. The number of sulfonamides is 1. The number of nitrogens with one attached hydrogen (secondary N) is 3. The van der Waals surface area contributed by atoms with E-state index in [1.165, 1.54) is 25.5 Å². The Morgan fingerprint density at radius 1 is 1.30 bits per heavy atom. The first-order valence-electron chi connectivity index (χ1n) is 6.27. The van der Waals surface area contributed by atoms with E-state index in [-0.39, 0.29) is 16.4 Å². The van der Waals surface area contributed by atoms with Crippen LogP contribution in [0.1, 0.15) is 0 Å². The van der Waals surface area contributed by atoms with Gasteiger partial charge in [0.25, 0.3) is 0 Å². The minimum absolute atomic E-state index is 0.0329. The lowest BCUT2D eigenvalue weighted by atomic mass is 10.3. The Hall–Kier alpha value is -2.11. The molecular weight excluding hydrogens is 391 g/mol. The molecule has 1 aromatic carbocycles. The van der Waals surface area contributed by atoms with Crippen molar-refractivity contribution in [3.63, 3.8) is 0 Å². The second kappa shape index (κ2) is 5.83. The van der Waals surface area contributed by atoms with E-state index in [9.17, 15) is 12.8 Å². The fraction of sp³-hybridized carbons (Fsp3) is 0.0833. The number of nitrogens with zero attached hydrogens (tertiary/aromatic N) is 3. The Bertz CT molecular complexity index is 990. The van der Waals surface area contributed by atoms with Crippen molar-refractivity contribution < 1.29 is 12.8 Å². The smallest absolute Gasteiger partial charge is 0.240 e. The van der Waals surface area contributed by atoms with Crippen molar-refractivity contribution in [2.45, 2.75) is 4.90 Å². The van der Waals surface area contributed by atoms with Crippen molar-refractivity contribution in [2.75, 3.05) is 12.4 Å².